The zero-order chi connectivity index (χ0) is 13.6. The lowest BCUT2D eigenvalue weighted by molar-refractivity contribution is -0.188. The molecule has 4 atom stereocenters. The number of hydrogen-bond donors (Lipinski definition) is 0. The Morgan fingerprint density at radius 1 is 1.05 bits per heavy atom. The average Bonchev–Trinajstić information content (AvgIpc) is 2.98. The van der Waals surface area contributed by atoms with E-state index in [9.17, 15) is 18.0 Å². The number of rotatable bonds is 2. The van der Waals surface area contributed by atoms with Crippen LogP contribution < -0.4 is 0 Å². The predicted molar refractivity (Wildman–Crippen MR) is 64.5 cm³/mol. The van der Waals surface area contributed by atoms with Crippen LogP contribution in [0.1, 0.15) is 16.8 Å². The van der Waals surface area contributed by atoms with Gasteiger partial charge in [0.2, 0.25) is 0 Å². The van der Waals surface area contributed by atoms with Crippen LogP contribution in [0.5, 0.6) is 0 Å². The van der Waals surface area contributed by atoms with Gasteiger partial charge < -0.3 is 0 Å². The zero-order valence-electron chi connectivity index (χ0n) is 10.1. The molecule has 0 spiro atoms. The number of carbonyl (C=O) groups is 1. The number of hydrogen-bond acceptors (Lipinski definition) is 1. The Morgan fingerprint density at radius 3 is 2.32 bits per heavy atom. The van der Waals surface area contributed by atoms with Gasteiger partial charge >= 0.3 is 6.18 Å². The first-order chi connectivity index (χ1) is 8.98. The molecule has 0 N–H and O–H groups in total. The summed E-state index contributed by atoms with van der Waals surface area (Å²) in [5.41, 5.74) is 0.377. The molecule has 19 heavy (non-hydrogen) atoms. The van der Waals surface area contributed by atoms with Crippen LogP contribution >= 0.6 is 0 Å². The molecule has 2 aliphatic carbocycles. The van der Waals surface area contributed by atoms with Gasteiger partial charge in [-0.25, -0.2) is 0 Å². The second kappa shape index (κ2) is 4.22. The Balaban J connectivity index is 1.95. The molecular weight excluding hydrogens is 253 g/mol. The van der Waals surface area contributed by atoms with Gasteiger partial charge in [0.05, 0.1) is 5.92 Å². The van der Waals surface area contributed by atoms with Crippen molar-refractivity contribution in [3.8, 4) is 0 Å². The lowest BCUT2D eigenvalue weighted by Crippen LogP contribution is -2.37. The third-order valence-electron chi connectivity index (χ3n) is 4.20. The highest BCUT2D eigenvalue weighted by Gasteiger charge is 2.59. The van der Waals surface area contributed by atoms with Gasteiger partial charge in [-0.05, 0) is 18.3 Å². The molecule has 100 valence electrons. The molecule has 1 aromatic carbocycles. The quantitative estimate of drug-likeness (QED) is 0.586. The van der Waals surface area contributed by atoms with E-state index in [1.807, 2.05) is 0 Å². The molecule has 0 aromatic heterocycles. The highest BCUT2D eigenvalue weighted by atomic mass is 19.4. The van der Waals surface area contributed by atoms with Crippen LogP contribution in [0, 0.1) is 23.7 Å². The van der Waals surface area contributed by atoms with Crippen LogP contribution in [0.15, 0.2) is 42.5 Å². The largest absolute Gasteiger partial charge is 0.393 e. The lowest BCUT2D eigenvalue weighted by atomic mass is 9.78. The van der Waals surface area contributed by atoms with Crippen molar-refractivity contribution in [1.82, 2.24) is 0 Å². The van der Waals surface area contributed by atoms with Crippen molar-refractivity contribution in [1.29, 1.82) is 0 Å². The first-order valence-electron chi connectivity index (χ1n) is 6.33. The summed E-state index contributed by atoms with van der Waals surface area (Å²) in [5, 5.41) is 0. The van der Waals surface area contributed by atoms with Gasteiger partial charge in [0, 0.05) is 11.5 Å². The van der Waals surface area contributed by atoms with Crippen molar-refractivity contribution in [2.24, 2.45) is 23.7 Å². The van der Waals surface area contributed by atoms with Crippen LogP contribution in [-0.4, -0.2) is 12.0 Å². The summed E-state index contributed by atoms with van der Waals surface area (Å²) < 4.78 is 39.5. The van der Waals surface area contributed by atoms with Crippen LogP contribution in [0.4, 0.5) is 13.2 Å². The van der Waals surface area contributed by atoms with Crippen LogP contribution in [0.3, 0.4) is 0 Å². The number of ketones is 1. The van der Waals surface area contributed by atoms with Crippen LogP contribution in [0.25, 0.3) is 0 Å². The van der Waals surface area contributed by atoms with E-state index in [1.54, 1.807) is 42.5 Å². The maximum Gasteiger partial charge on any atom is 0.393 e. The van der Waals surface area contributed by atoms with Crippen LogP contribution in [-0.2, 0) is 0 Å². The summed E-state index contributed by atoms with van der Waals surface area (Å²) in [4.78, 5) is 12.4. The van der Waals surface area contributed by atoms with E-state index in [0.29, 0.717) is 12.0 Å². The van der Waals surface area contributed by atoms with E-state index in [1.165, 1.54) is 0 Å². The molecule has 0 amide bonds. The van der Waals surface area contributed by atoms with E-state index >= 15 is 0 Å². The smallest absolute Gasteiger partial charge is 0.294 e. The van der Waals surface area contributed by atoms with E-state index in [2.05, 4.69) is 0 Å². The highest BCUT2D eigenvalue weighted by molar-refractivity contribution is 5.98. The summed E-state index contributed by atoms with van der Waals surface area (Å²) in [6.45, 7) is 0. The standard InChI is InChI=1S/C15H13F3O/c16-15(17,18)13-11-7-6-10(8-11)12(13)14(19)9-4-2-1-3-5-9/h1-7,10-13H,8H2/t10-,11+,12-,13-/m1/s1. The topological polar surface area (TPSA) is 17.1 Å². The molecule has 2 aliphatic rings. The molecule has 3 rings (SSSR count). The zero-order valence-corrected chi connectivity index (χ0v) is 10.1. The minimum Gasteiger partial charge on any atom is -0.294 e. The minimum absolute atomic E-state index is 0.260. The molecule has 1 nitrogen and oxygen atoms in total. The maximum absolute atomic E-state index is 13.2. The Kier molecular flexibility index (Phi) is 2.77. The van der Waals surface area contributed by atoms with Gasteiger partial charge in [0.25, 0.3) is 0 Å². The fraction of sp³-hybridized carbons (Fsp3) is 0.400. The van der Waals surface area contributed by atoms with Gasteiger partial charge in [-0.15, -0.1) is 0 Å². The lowest BCUT2D eigenvalue weighted by Gasteiger charge is -2.28. The molecule has 0 radical (unpaired) electrons. The minimum atomic E-state index is -4.31. The molecule has 0 unspecified atom stereocenters. The molecule has 4 heteroatoms. The predicted octanol–water partition coefficient (Wildman–Crippen LogP) is 3.87. The molecule has 0 saturated heterocycles. The van der Waals surface area contributed by atoms with Gasteiger partial charge in [0.1, 0.15) is 0 Å². The van der Waals surface area contributed by atoms with Gasteiger partial charge in [0.15, 0.2) is 5.78 Å². The van der Waals surface area contributed by atoms with Crippen molar-refractivity contribution in [3.63, 3.8) is 0 Å². The van der Waals surface area contributed by atoms with Crippen molar-refractivity contribution in [3.05, 3.63) is 48.0 Å². The van der Waals surface area contributed by atoms with E-state index in [-0.39, 0.29) is 11.7 Å². The summed E-state index contributed by atoms with van der Waals surface area (Å²) in [6.07, 6.45) is -0.456. The van der Waals surface area contributed by atoms with Gasteiger partial charge in [-0.2, -0.15) is 13.2 Å². The number of fused-ring (bicyclic) bond motifs is 2. The highest BCUT2D eigenvalue weighted by Crippen LogP contribution is 2.55. The summed E-state index contributed by atoms with van der Waals surface area (Å²) >= 11 is 0. The SMILES string of the molecule is O=C(c1ccccc1)[C@H]1[C@H](C(F)(F)F)[C@H]2C=C[C@@H]1C2. The van der Waals surface area contributed by atoms with Crippen molar-refractivity contribution in [2.75, 3.05) is 0 Å². The molecule has 0 aliphatic heterocycles. The number of carbonyl (C=O) groups excluding carboxylic acids is 1. The fourth-order valence-corrected chi connectivity index (χ4v) is 3.42. The number of benzene rings is 1. The van der Waals surface area contributed by atoms with E-state index in [0.717, 1.165) is 0 Å². The Bertz CT molecular complexity index is 518. The fourth-order valence-electron chi connectivity index (χ4n) is 3.42. The molecule has 1 saturated carbocycles. The number of halogens is 3. The Hall–Kier alpha value is -1.58. The summed E-state index contributed by atoms with van der Waals surface area (Å²) in [5.74, 6) is -3.63. The molecule has 2 bridgehead atoms. The van der Waals surface area contributed by atoms with E-state index in [4.69, 9.17) is 0 Å². The molecule has 0 heterocycles. The van der Waals surface area contributed by atoms with Gasteiger partial charge in [-0.3, -0.25) is 4.79 Å². The van der Waals surface area contributed by atoms with Crippen LogP contribution in [0.2, 0.25) is 0 Å². The molecule has 1 aromatic rings. The first kappa shape index (κ1) is 12.5. The van der Waals surface area contributed by atoms with Crippen molar-refractivity contribution >= 4 is 5.78 Å². The third kappa shape index (κ3) is 1.99. The molecule has 1 fully saturated rings. The average molecular weight is 266 g/mol. The second-order valence-electron chi connectivity index (χ2n) is 5.27. The molecular formula is C15H13F3O. The maximum atomic E-state index is 13.2. The Labute approximate surface area is 109 Å². The summed E-state index contributed by atoms with van der Waals surface area (Å²) in [6, 6.07) is 8.29. The second-order valence-corrected chi connectivity index (χ2v) is 5.27. The Morgan fingerprint density at radius 2 is 1.68 bits per heavy atom. The number of alkyl halides is 3. The number of allylic oxidation sites excluding steroid dienone is 2. The third-order valence-corrected chi connectivity index (χ3v) is 4.20. The van der Waals surface area contributed by atoms with Crippen molar-refractivity contribution < 1.29 is 18.0 Å². The summed E-state index contributed by atoms with van der Waals surface area (Å²) in [7, 11) is 0. The van der Waals surface area contributed by atoms with Gasteiger partial charge in [-0.1, -0.05) is 42.5 Å². The number of Topliss-reactive ketones (excluding diaryl/α,β-unsaturated/α-hetero) is 1. The van der Waals surface area contributed by atoms with E-state index < -0.39 is 23.9 Å². The first-order valence-corrected chi connectivity index (χ1v) is 6.33. The monoisotopic (exact) mass is 266 g/mol. The van der Waals surface area contributed by atoms with Crippen molar-refractivity contribution in [2.45, 2.75) is 12.6 Å². The normalized spacial score (nSPS) is 32.8.